The summed E-state index contributed by atoms with van der Waals surface area (Å²) in [6.45, 7) is 9.95. The van der Waals surface area contributed by atoms with Crippen molar-refractivity contribution in [3.05, 3.63) is 0 Å². The van der Waals surface area contributed by atoms with E-state index in [-0.39, 0.29) is 5.60 Å². The molecule has 90 valence electrons. The maximum absolute atomic E-state index is 5.61. The van der Waals surface area contributed by atoms with Crippen LogP contribution in [0.1, 0.15) is 40.0 Å². The van der Waals surface area contributed by atoms with Crippen molar-refractivity contribution in [1.29, 1.82) is 0 Å². The molecule has 0 aromatic heterocycles. The van der Waals surface area contributed by atoms with E-state index in [0.29, 0.717) is 6.10 Å². The Balaban J connectivity index is 2.00. The highest BCUT2D eigenvalue weighted by molar-refractivity contribution is 4.73. The zero-order valence-electron chi connectivity index (χ0n) is 10.3. The molecule has 0 radical (unpaired) electrons. The third-order valence-electron chi connectivity index (χ3n) is 2.75. The highest BCUT2D eigenvalue weighted by atomic mass is 16.5. The number of hydrogen-bond donors (Lipinski definition) is 1. The molecule has 0 aliphatic carbocycles. The molecule has 1 aliphatic heterocycles. The van der Waals surface area contributed by atoms with Gasteiger partial charge in [-0.2, -0.15) is 0 Å². The van der Waals surface area contributed by atoms with Crippen molar-refractivity contribution in [2.45, 2.75) is 51.7 Å². The zero-order chi connectivity index (χ0) is 11.1. The van der Waals surface area contributed by atoms with Gasteiger partial charge in [0.05, 0.1) is 11.7 Å². The highest BCUT2D eigenvalue weighted by Gasteiger charge is 2.18. The van der Waals surface area contributed by atoms with Crippen molar-refractivity contribution in [1.82, 2.24) is 5.32 Å². The molecule has 15 heavy (non-hydrogen) atoms. The Morgan fingerprint density at radius 2 is 2.27 bits per heavy atom. The topological polar surface area (TPSA) is 30.5 Å². The lowest BCUT2D eigenvalue weighted by Gasteiger charge is -2.25. The van der Waals surface area contributed by atoms with Crippen LogP contribution >= 0.6 is 0 Å². The summed E-state index contributed by atoms with van der Waals surface area (Å²) in [6, 6.07) is 0. The van der Waals surface area contributed by atoms with Crippen molar-refractivity contribution >= 4 is 0 Å². The van der Waals surface area contributed by atoms with Crippen LogP contribution in [-0.4, -0.2) is 38.0 Å². The molecule has 1 saturated heterocycles. The lowest BCUT2D eigenvalue weighted by molar-refractivity contribution is -0.00933. The van der Waals surface area contributed by atoms with Gasteiger partial charge in [0.25, 0.3) is 0 Å². The molecule has 1 heterocycles. The summed E-state index contributed by atoms with van der Waals surface area (Å²) in [5.41, 5.74) is -0.0503. The fourth-order valence-corrected chi connectivity index (χ4v) is 1.97. The van der Waals surface area contributed by atoms with Gasteiger partial charge in [0.1, 0.15) is 0 Å². The SMILES string of the molecule is CCOC(C)(C)CNCCC1CCCO1. The molecule has 1 atom stereocenters. The first kappa shape index (κ1) is 12.9. The second-order valence-electron chi connectivity index (χ2n) is 4.79. The van der Waals surface area contributed by atoms with E-state index in [1.54, 1.807) is 0 Å². The predicted octanol–water partition coefficient (Wildman–Crippen LogP) is 1.96. The molecule has 1 rings (SSSR count). The summed E-state index contributed by atoms with van der Waals surface area (Å²) >= 11 is 0. The van der Waals surface area contributed by atoms with Crippen LogP contribution in [0, 0.1) is 0 Å². The van der Waals surface area contributed by atoms with Crippen LogP contribution in [0.25, 0.3) is 0 Å². The Morgan fingerprint density at radius 1 is 1.47 bits per heavy atom. The molecular weight excluding hydrogens is 190 g/mol. The van der Waals surface area contributed by atoms with Crippen molar-refractivity contribution in [2.75, 3.05) is 26.3 Å². The molecule has 3 heteroatoms. The molecular formula is C12H25NO2. The van der Waals surface area contributed by atoms with E-state index in [2.05, 4.69) is 19.2 Å². The number of hydrogen-bond acceptors (Lipinski definition) is 3. The van der Waals surface area contributed by atoms with Crippen LogP contribution in [0.3, 0.4) is 0 Å². The molecule has 0 spiro atoms. The standard InChI is InChI=1S/C12H25NO2/c1-4-15-12(2,3)10-13-8-7-11-6-5-9-14-11/h11,13H,4-10H2,1-3H3. The van der Waals surface area contributed by atoms with Crippen molar-refractivity contribution in [3.63, 3.8) is 0 Å². The Hall–Kier alpha value is -0.120. The first-order chi connectivity index (χ1) is 7.14. The summed E-state index contributed by atoms with van der Waals surface area (Å²) in [4.78, 5) is 0. The molecule has 0 aromatic rings. The Labute approximate surface area is 93.5 Å². The first-order valence-corrected chi connectivity index (χ1v) is 6.10. The minimum atomic E-state index is -0.0503. The minimum absolute atomic E-state index is 0.0503. The first-order valence-electron chi connectivity index (χ1n) is 6.10. The van der Waals surface area contributed by atoms with Gasteiger partial charge in [0.2, 0.25) is 0 Å². The van der Waals surface area contributed by atoms with Gasteiger partial charge < -0.3 is 14.8 Å². The van der Waals surface area contributed by atoms with Gasteiger partial charge in [-0.15, -0.1) is 0 Å². The van der Waals surface area contributed by atoms with E-state index >= 15 is 0 Å². The van der Waals surface area contributed by atoms with Crippen molar-refractivity contribution < 1.29 is 9.47 Å². The smallest absolute Gasteiger partial charge is 0.0750 e. The van der Waals surface area contributed by atoms with Crippen molar-refractivity contribution in [2.24, 2.45) is 0 Å². The monoisotopic (exact) mass is 215 g/mol. The Kier molecular flexibility index (Phi) is 5.58. The minimum Gasteiger partial charge on any atom is -0.378 e. The second kappa shape index (κ2) is 6.46. The van der Waals surface area contributed by atoms with E-state index in [1.165, 1.54) is 12.8 Å². The third-order valence-corrected chi connectivity index (χ3v) is 2.75. The van der Waals surface area contributed by atoms with Crippen LogP contribution in [-0.2, 0) is 9.47 Å². The van der Waals surface area contributed by atoms with Crippen LogP contribution in [0.4, 0.5) is 0 Å². The Morgan fingerprint density at radius 3 is 2.87 bits per heavy atom. The highest BCUT2D eigenvalue weighted by Crippen LogP contribution is 2.14. The number of ether oxygens (including phenoxy) is 2. The summed E-state index contributed by atoms with van der Waals surface area (Å²) in [6.07, 6.45) is 4.08. The second-order valence-corrected chi connectivity index (χ2v) is 4.79. The van der Waals surface area contributed by atoms with Gasteiger partial charge in [0, 0.05) is 19.8 Å². The van der Waals surface area contributed by atoms with Gasteiger partial charge >= 0.3 is 0 Å². The average Bonchev–Trinajstić information content (AvgIpc) is 2.65. The zero-order valence-corrected chi connectivity index (χ0v) is 10.3. The number of rotatable bonds is 7. The maximum Gasteiger partial charge on any atom is 0.0750 e. The molecule has 1 aliphatic rings. The quantitative estimate of drug-likeness (QED) is 0.659. The van der Waals surface area contributed by atoms with Gasteiger partial charge in [-0.3, -0.25) is 0 Å². The van der Waals surface area contributed by atoms with Gasteiger partial charge in [0.15, 0.2) is 0 Å². The van der Waals surface area contributed by atoms with E-state index < -0.39 is 0 Å². The molecule has 1 N–H and O–H groups in total. The normalized spacial score (nSPS) is 22.2. The third kappa shape index (κ3) is 5.50. The summed E-state index contributed by atoms with van der Waals surface area (Å²) in [5.74, 6) is 0. The fourth-order valence-electron chi connectivity index (χ4n) is 1.97. The van der Waals surface area contributed by atoms with Gasteiger partial charge in [-0.1, -0.05) is 0 Å². The molecule has 3 nitrogen and oxygen atoms in total. The Bertz CT molecular complexity index is 165. The largest absolute Gasteiger partial charge is 0.378 e. The molecule has 0 bridgehead atoms. The molecule has 0 amide bonds. The van der Waals surface area contributed by atoms with Crippen LogP contribution in [0.5, 0.6) is 0 Å². The molecule has 0 saturated carbocycles. The average molecular weight is 215 g/mol. The van der Waals surface area contributed by atoms with Gasteiger partial charge in [-0.25, -0.2) is 0 Å². The maximum atomic E-state index is 5.61. The van der Waals surface area contributed by atoms with Crippen LogP contribution in [0.15, 0.2) is 0 Å². The fraction of sp³-hybridized carbons (Fsp3) is 1.00. The number of nitrogens with one attached hydrogen (secondary N) is 1. The van der Waals surface area contributed by atoms with E-state index in [9.17, 15) is 0 Å². The molecule has 1 fully saturated rings. The summed E-state index contributed by atoms with van der Waals surface area (Å²) in [7, 11) is 0. The predicted molar refractivity (Wildman–Crippen MR) is 62.2 cm³/mol. The van der Waals surface area contributed by atoms with Gasteiger partial charge in [-0.05, 0) is 46.6 Å². The van der Waals surface area contributed by atoms with E-state index in [4.69, 9.17) is 9.47 Å². The lowest BCUT2D eigenvalue weighted by Crippen LogP contribution is -2.38. The lowest BCUT2D eigenvalue weighted by atomic mass is 10.1. The van der Waals surface area contributed by atoms with Crippen LogP contribution < -0.4 is 5.32 Å². The molecule has 0 aromatic carbocycles. The summed E-state index contributed by atoms with van der Waals surface area (Å²) in [5, 5.41) is 3.43. The van der Waals surface area contributed by atoms with Crippen LogP contribution in [0.2, 0.25) is 0 Å². The van der Waals surface area contributed by atoms with E-state index in [0.717, 1.165) is 32.7 Å². The summed E-state index contributed by atoms with van der Waals surface area (Å²) < 4.78 is 11.2. The van der Waals surface area contributed by atoms with Crippen molar-refractivity contribution in [3.8, 4) is 0 Å². The molecule has 1 unspecified atom stereocenters. The van der Waals surface area contributed by atoms with E-state index in [1.807, 2.05) is 6.92 Å².